The van der Waals surface area contributed by atoms with Gasteiger partial charge >= 0.3 is 12.1 Å². The predicted octanol–water partition coefficient (Wildman–Crippen LogP) is 2.18. The monoisotopic (exact) mass is 307 g/mol. The number of carbonyl (C=O) groups is 2. The quantitative estimate of drug-likeness (QED) is 0.806. The second-order valence-corrected chi connectivity index (χ2v) is 5.53. The summed E-state index contributed by atoms with van der Waals surface area (Å²) in [7, 11) is 1.65. The van der Waals surface area contributed by atoms with Gasteiger partial charge in [0.25, 0.3) is 0 Å². The van der Waals surface area contributed by atoms with Crippen LogP contribution in [0.5, 0.6) is 0 Å². The van der Waals surface area contributed by atoms with Crippen molar-refractivity contribution in [3.8, 4) is 0 Å². The zero-order chi connectivity index (χ0) is 15.9. The number of alkyl carbamates (subject to hydrolysis) is 1. The van der Waals surface area contributed by atoms with E-state index in [1.54, 1.807) is 7.11 Å². The highest BCUT2D eigenvalue weighted by atomic mass is 16.5. The van der Waals surface area contributed by atoms with Crippen molar-refractivity contribution in [2.75, 3.05) is 7.11 Å². The van der Waals surface area contributed by atoms with Gasteiger partial charge in [-0.05, 0) is 30.7 Å². The van der Waals surface area contributed by atoms with Gasteiger partial charge < -0.3 is 19.9 Å². The molecule has 1 amide bonds. The van der Waals surface area contributed by atoms with E-state index in [9.17, 15) is 14.7 Å². The number of benzene rings is 1. The van der Waals surface area contributed by atoms with Gasteiger partial charge in [0.2, 0.25) is 0 Å². The van der Waals surface area contributed by atoms with E-state index in [2.05, 4.69) is 5.32 Å². The number of hydrogen-bond acceptors (Lipinski definition) is 4. The number of methoxy groups -OCH3 is 1. The lowest BCUT2D eigenvalue weighted by Crippen LogP contribution is -2.44. The van der Waals surface area contributed by atoms with Crippen LogP contribution in [0.1, 0.15) is 24.8 Å². The summed E-state index contributed by atoms with van der Waals surface area (Å²) < 4.78 is 10.2. The zero-order valence-corrected chi connectivity index (χ0v) is 12.5. The van der Waals surface area contributed by atoms with Crippen molar-refractivity contribution >= 4 is 12.1 Å². The fourth-order valence-corrected chi connectivity index (χ4v) is 2.52. The molecule has 0 heterocycles. The number of carboxylic acid groups (broad SMARTS) is 1. The van der Waals surface area contributed by atoms with E-state index in [4.69, 9.17) is 9.47 Å². The molecule has 0 aliphatic heterocycles. The highest BCUT2D eigenvalue weighted by Crippen LogP contribution is 2.33. The minimum atomic E-state index is -1.04. The van der Waals surface area contributed by atoms with Crippen molar-refractivity contribution in [1.82, 2.24) is 5.32 Å². The summed E-state index contributed by atoms with van der Waals surface area (Å²) in [4.78, 5) is 23.0. The van der Waals surface area contributed by atoms with Gasteiger partial charge in [-0.1, -0.05) is 30.3 Å². The van der Waals surface area contributed by atoms with E-state index in [0.717, 1.165) is 18.4 Å². The molecule has 120 valence electrons. The highest BCUT2D eigenvalue weighted by Gasteiger charge is 2.33. The van der Waals surface area contributed by atoms with Crippen molar-refractivity contribution < 1.29 is 24.2 Å². The maximum atomic E-state index is 11.7. The first-order valence-electron chi connectivity index (χ1n) is 7.31. The summed E-state index contributed by atoms with van der Waals surface area (Å²) in [6, 6.07) is 8.31. The zero-order valence-electron chi connectivity index (χ0n) is 12.5. The summed E-state index contributed by atoms with van der Waals surface area (Å²) >= 11 is 0. The van der Waals surface area contributed by atoms with Crippen molar-refractivity contribution in [2.24, 2.45) is 5.92 Å². The summed E-state index contributed by atoms with van der Waals surface area (Å²) in [5, 5.41) is 11.6. The van der Waals surface area contributed by atoms with Crippen LogP contribution in [0.2, 0.25) is 0 Å². The molecule has 2 N–H and O–H groups in total. The molecule has 1 aromatic carbocycles. The molecule has 0 saturated heterocycles. The second kappa shape index (κ2) is 7.79. The van der Waals surface area contributed by atoms with E-state index in [-0.39, 0.29) is 18.6 Å². The van der Waals surface area contributed by atoms with Gasteiger partial charge in [0.15, 0.2) is 0 Å². The average molecular weight is 307 g/mol. The minimum Gasteiger partial charge on any atom is -0.480 e. The Hall–Kier alpha value is -2.08. The van der Waals surface area contributed by atoms with Crippen LogP contribution >= 0.6 is 0 Å². The molecule has 1 atom stereocenters. The summed E-state index contributed by atoms with van der Waals surface area (Å²) in [6.45, 7) is 0.119. The van der Waals surface area contributed by atoms with Crippen molar-refractivity contribution in [3.63, 3.8) is 0 Å². The molecule has 2 rings (SSSR count). The molecular weight excluding hydrogens is 286 g/mol. The Kier molecular flexibility index (Phi) is 5.77. The van der Waals surface area contributed by atoms with E-state index >= 15 is 0 Å². The molecule has 1 aromatic rings. The molecule has 1 aliphatic carbocycles. The number of amides is 1. The van der Waals surface area contributed by atoms with Gasteiger partial charge in [0, 0.05) is 7.11 Å². The molecule has 0 aromatic heterocycles. The van der Waals surface area contributed by atoms with E-state index in [1.807, 2.05) is 30.3 Å². The molecule has 6 nitrogen and oxygen atoms in total. The minimum absolute atomic E-state index is 0.119. The number of hydrogen-bond donors (Lipinski definition) is 2. The smallest absolute Gasteiger partial charge is 0.408 e. The Labute approximate surface area is 129 Å². The van der Waals surface area contributed by atoms with Crippen molar-refractivity contribution in [2.45, 2.75) is 38.0 Å². The first-order chi connectivity index (χ1) is 10.6. The van der Waals surface area contributed by atoms with Crippen LogP contribution in [0.25, 0.3) is 0 Å². The Morgan fingerprint density at radius 2 is 2.00 bits per heavy atom. The Morgan fingerprint density at radius 1 is 1.32 bits per heavy atom. The van der Waals surface area contributed by atoms with Crippen LogP contribution in [-0.4, -0.2) is 36.4 Å². The van der Waals surface area contributed by atoms with Gasteiger partial charge in [-0.3, -0.25) is 0 Å². The lowest BCUT2D eigenvalue weighted by molar-refractivity contribution is -0.140. The molecule has 22 heavy (non-hydrogen) atoms. The van der Waals surface area contributed by atoms with Crippen LogP contribution in [0.15, 0.2) is 30.3 Å². The van der Waals surface area contributed by atoms with E-state index in [0.29, 0.717) is 6.42 Å². The van der Waals surface area contributed by atoms with Gasteiger partial charge in [-0.25, -0.2) is 9.59 Å². The maximum absolute atomic E-state index is 11.7. The van der Waals surface area contributed by atoms with Gasteiger partial charge in [-0.2, -0.15) is 0 Å². The molecule has 0 spiro atoms. The molecule has 0 radical (unpaired) electrons. The Bertz CT molecular complexity index is 499. The summed E-state index contributed by atoms with van der Waals surface area (Å²) in [5.41, 5.74) is 0.853. The topological polar surface area (TPSA) is 84.9 Å². The molecule has 0 bridgehead atoms. The Morgan fingerprint density at radius 3 is 2.59 bits per heavy atom. The van der Waals surface area contributed by atoms with Crippen molar-refractivity contribution in [3.05, 3.63) is 35.9 Å². The fourth-order valence-electron chi connectivity index (χ4n) is 2.52. The number of rotatable bonds is 7. The van der Waals surface area contributed by atoms with Crippen LogP contribution in [0, 0.1) is 5.92 Å². The Balaban J connectivity index is 1.75. The van der Waals surface area contributed by atoms with Crippen LogP contribution in [0.4, 0.5) is 4.79 Å². The van der Waals surface area contributed by atoms with E-state index in [1.165, 1.54) is 0 Å². The molecule has 1 unspecified atom stereocenters. The number of carbonyl (C=O) groups excluding carboxylic acids is 1. The second-order valence-electron chi connectivity index (χ2n) is 5.53. The van der Waals surface area contributed by atoms with E-state index < -0.39 is 18.1 Å². The SMILES string of the molecule is COC1CC(CC(NC(=O)OCc2ccccc2)C(=O)O)C1. The highest BCUT2D eigenvalue weighted by molar-refractivity contribution is 5.79. The molecule has 1 aliphatic rings. The molecule has 1 saturated carbocycles. The standard InChI is InChI=1S/C16H21NO5/c1-21-13-7-12(8-13)9-14(15(18)19)17-16(20)22-10-11-5-3-2-4-6-11/h2-6,12-14H,7-10H2,1H3,(H,17,20)(H,18,19). The van der Waals surface area contributed by atoms with Gasteiger partial charge in [0.1, 0.15) is 12.6 Å². The summed E-state index contributed by atoms with van der Waals surface area (Å²) in [6.07, 6.45) is 1.57. The fraction of sp³-hybridized carbons (Fsp3) is 0.500. The predicted molar refractivity (Wildman–Crippen MR) is 79.3 cm³/mol. The molecule has 1 fully saturated rings. The lowest BCUT2D eigenvalue weighted by Gasteiger charge is -2.35. The van der Waals surface area contributed by atoms with Crippen LogP contribution in [0.3, 0.4) is 0 Å². The number of nitrogens with one attached hydrogen (secondary N) is 1. The number of aliphatic carboxylic acids is 1. The van der Waals surface area contributed by atoms with Gasteiger partial charge in [0.05, 0.1) is 6.10 Å². The molecular formula is C16H21NO5. The first kappa shape index (κ1) is 16.3. The average Bonchev–Trinajstić information content (AvgIpc) is 2.48. The van der Waals surface area contributed by atoms with Gasteiger partial charge in [-0.15, -0.1) is 0 Å². The van der Waals surface area contributed by atoms with Crippen molar-refractivity contribution in [1.29, 1.82) is 0 Å². The third-order valence-electron chi connectivity index (χ3n) is 3.90. The third-order valence-corrected chi connectivity index (χ3v) is 3.90. The first-order valence-corrected chi connectivity index (χ1v) is 7.31. The number of ether oxygens (including phenoxy) is 2. The van der Waals surface area contributed by atoms with Crippen LogP contribution < -0.4 is 5.32 Å². The van der Waals surface area contributed by atoms with Crippen LogP contribution in [-0.2, 0) is 20.9 Å². The third kappa shape index (κ3) is 4.73. The largest absolute Gasteiger partial charge is 0.480 e. The summed E-state index contributed by atoms with van der Waals surface area (Å²) in [5.74, 6) is -0.780. The number of carboxylic acids is 1. The normalized spacial score (nSPS) is 21.5. The maximum Gasteiger partial charge on any atom is 0.408 e. The lowest BCUT2D eigenvalue weighted by atomic mass is 9.78. The molecule has 6 heteroatoms.